The van der Waals surface area contributed by atoms with Gasteiger partial charge in [-0.25, -0.2) is 0 Å². The van der Waals surface area contributed by atoms with Gasteiger partial charge in [-0.15, -0.1) is 5.10 Å². The Balaban J connectivity index is 2.47. The Kier molecular flexibility index (Phi) is 4.69. The van der Waals surface area contributed by atoms with Gasteiger partial charge in [0.25, 0.3) is 0 Å². The molecule has 0 radical (unpaired) electrons. The molecular weight excluding hydrogens is 204 g/mol. The maximum Gasteiger partial charge on any atom is 0.242 e. The van der Waals surface area contributed by atoms with Gasteiger partial charge in [-0.2, -0.15) is 5.10 Å². The Morgan fingerprint density at radius 1 is 1.44 bits per heavy atom. The Morgan fingerprint density at radius 2 is 2.19 bits per heavy atom. The third-order valence-electron chi connectivity index (χ3n) is 2.10. The summed E-state index contributed by atoms with van der Waals surface area (Å²) in [6.45, 7) is 6.38. The molecule has 0 aliphatic carbocycles. The van der Waals surface area contributed by atoms with Crippen LogP contribution in [0.4, 0.5) is 5.82 Å². The SMILES string of the molecule is CCCNC(=O)C(C)Nc1ccc(C)nn1. The van der Waals surface area contributed by atoms with Crippen LogP contribution in [0.15, 0.2) is 12.1 Å². The van der Waals surface area contributed by atoms with Crippen LogP contribution in [0.5, 0.6) is 0 Å². The number of aryl methyl sites for hydroxylation is 1. The molecule has 5 heteroatoms. The summed E-state index contributed by atoms with van der Waals surface area (Å²) in [7, 11) is 0. The molecule has 1 aromatic heterocycles. The first-order valence-corrected chi connectivity index (χ1v) is 5.48. The van der Waals surface area contributed by atoms with Crippen molar-refractivity contribution in [1.82, 2.24) is 15.5 Å². The number of hydrogen-bond acceptors (Lipinski definition) is 4. The molecule has 0 aliphatic heterocycles. The molecule has 0 saturated carbocycles. The minimum atomic E-state index is -0.302. The first-order valence-electron chi connectivity index (χ1n) is 5.48. The summed E-state index contributed by atoms with van der Waals surface area (Å²) in [6, 6.07) is 3.36. The second kappa shape index (κ2) is 6.05. The topological polar surface area (TPSA) is 66.9 Å². The van der Waals surface area contributed by atoms with Crippen LogP contribution >= 0.6 is 0 Å². The van der Waals surface area contributed by atoms with Gasteiger partial charge < -0.3 is 10.6 Å². The van der Waals surface area contributed by atoms with Crippen LogP contribution in [-0.2, 0) is 4.79 Å². The normalized spacial score (nSPS) is 11.9. The lowest BCUT2D eigenvalue weighted by molar-refractivity contribution is -0.121. The van der Waals surface area contributed by atoms with Gasteiger partial charge in [0.1, 0.15) is 11.9 Å². The highest BCUT2D eigenvalue weighted by Gasteiger charge is 2.11. The highest BCUT2D eigenvalue weighted by atomic mass is 16.2. The van der Waals surface area contributed by atoms with Crippen molar-refractivity contribution < 1.29 is 4.79 Å². The zero-order valence-corrected chi connectivity index (χ0v) is 9.95. The second-order valence-corrected chi connectivity index (χ2v) is 3.72. The highest BCUT2D eigenvalue weighted by molar-refractivity contribution is 5.83. The monoisotopic (exact) mass is 222 g/mol. The number of aromatic nitrogens is 2. The van der Waals surface area contributed by atoms with Crippen LogP contribution in [0.2, 0.25) is 0 Å². The lowest BCUT2D eigenvalue weighted by atomic mass is 10.3. The number of nitrogens with one attached hydrogen (secondary N) is 2. The molecule has 5 nitrogen and oxygen atoms in total. The molecule has 1 aromatic rings. The maximum atomic E-state index is 11.6. The van der Waals surface area contributed by atoms with Crippen LogP contribution in [0, 0.1) is 6.92 Å². The zero-order valence-electron chi connectivity index (χ0n) is 9.95. The van der Waals surface area contributed by atoms with E-state index in [4.69, 9.17) is 0 Å². The zero-order chi connectivity index (χ0) is 12.0. The van der Waals surface area contributed by atoms with Gasteiger partial charge >= 0.3 is 0 Å². The molecule has 1 rings (SSSR count). The number of carbonyl (C=O) groups is 1. The van der Waals surface area contributed by atoms with Gasteiger partial charge in [-0.1, -0.05) is 6.92 Å². The Morgan fingerprint density at radius 3 is 2.75 bits per heavy atom. The molecule has 0 bridgehead atoms. The van der Waals surface area contributed by atoms with E-state index in [0.29, 0.717) is 12.4 Å². The summed E-state index contributed by atoms with van der Waals surface area (Å²) >= 11 is 0. The summed E-state index contributed by atoms with van der Waals surface area (Å²) in [6.07, 6.45) is 0.933. The molecule has 0 aromatic carbocycles. The average Bonchev–Trinajstić information content (AvgIpc) is 2.29. The van der Waals surface area contributed by atoms with Crippen LogP contribution in [-0.4, -0.2) is 28.7 Å². The molecule has 1 amide bonds. The molecule has 1 unspecified atom stereocenters. The molecule has 2 N–H and O–H groups in total. The molecule has 1 heterocycles. The van der Waals surface area contributed by atoms with Crippen molar-refractivity contribution in [3.63, 3.8) is 0 Å². The maximum absolute atomic E-state index is 11.6. The van der Waals surface area contributed by atoms with Gasteiger partial charge in [0.05, 0.1) is 5.69 Å². The van der Waals surface area contributed by atoms with Gasteiger partial charge in [0, 0.05) is 6.54 Å². The minimum Gasteiger partial charge on any atom is -0.357 e. The summed E-state index contributed by atoms with van der Waals surface area (Å²) in [4.78, 5) is 11.6. The lowest BCUT2D eigenvalue weighted by Gasteiger charge is -2.13. The van der Waals surface area contributed by atoms with Crippen LogP contribution in [0.1, 0.15) is 26.0 Å². The van der Waals surface area contributed by atoms with Crippen LogP contribution < -0.4 is 10.6 Å². The van der Waals surface area contributed by atoms with Crippen molar-refractivity contribution in [3.05, 3.63) is 17.8 Å². The van der Waals surface area contributed by atoms with Crippen molar-refractivity contribution in [2.75, 3.05) is 11.9 Å². The van der Waals surface area contributed by atoms with E-state index >= 15 is 0 Å². The summed E-state index contributed by atoms with van der Waals surface area (Å²) in [5.74, 6) is 0.592. The van der Waals surface area contributed by atoms with E-state index in [-0.39, 0.29) is 11.9 Å². The quantitative estimate of drug-likeness (QED) is 0.783. The summed E-state index contributed by atoms with van der Waals surface area (Å²) < 4.78 is 0. The largest absolute Gasteiger partial charge is 0.357 e. The molecule has 0 fully saturated rings. The van der Waals surface area contributed by atoms with E-state index in [0.717, 1.165) is 12.1 Å². The fourth-order valence-electron chi connectivity index (χ4n) is 1.16. The summed E-state index contributed by atoms with van der Waals surface area (Å²) in [5, 5.41) is 13.7. The fraction of sp³-hybridized carbons (Fsp3) is 0.545. The van der Waals surface area contributed by atoms with Crippen LogP contribution in [0.3, 0.4) is 0 Å². The third-order valence-corrected chi connectivity index (χ3v) is 2.10. The van der Waals surface area contributed by atoms with E-state index in [1.807, 2.05) is 26.0 Å². The fourth-order valence-corrected chi connectivity index (χ4v) is 1.16. The first-order chi connectivity index (χ1) is 7.63. The van der Waals surface area contributed by atoms with E-state index in [2.05, 4.69) is 20.8 Å². The third kappa shape index (κ3) is 3.84. The molecule has 88 valence electrons. The van der Waals surface area contributed by atoms with Gasteiger partial charge in [0.2, 0.25) is 5.91 Å². The number of nitrogens with zero attached hydrogens (tertiary/aromatic N) is 2. The number of amides is 1. The standard InChI is InChI=1S/C11H18N4O/c1-4-7-12-11(16)9(3)13-10-6-5-8(2)14-15-10/h5-6,9H,4,7H2,1-3H3,(H,12,16)(H,13,15). The minimum absolute atomic E-state index is 0.0239. The number of anilines is 1. The van der Waals surface area contributed by atoms with Gasteiger partial charge in [-0.3, -0.25) is 4.79 Å². The molecule has 0 aliphatic rings. The van der Waals surface area contributed by atoms with E-state index in [1.165, 1.54) is 0 Å². The average molecular weight is 222 g/mol. The van der Waals surface area contributed by atoms with Crippen molar-refractivity contribution in [3.8, 4) is 0 Å². The van der Waals surface area contributed by atoms with Crippen LogP contribution in [0.25, 0.3) is 0 Å². The van der Waals surface area contributed by atoms with E-state index < -0.39 is 0 Å². The summed E-state index contributed by atoms with van der Waals surface area (Å²) in [5.41, 5.74) is 0.855. The van der Waals surface area contributed by atoms with Crippen molar-refractivity contribution in [2.24, 2.45) is 0 Å². The lowest BCUT2D eigenvalue weighted by Crippen LogP contribution is -2.38. The van der Waals surface area contributed by atoms with Crippen molar-refractivity contribution in [1.29, 1.82) is 0 Å². The van der Waals surface area contributed by atoms with Gasteiger partial charge in [-0.05, 0) is 32.4 Å². The molecule has 16 heavy (non-hydrogen) atoms. The molecule has 0 spiro atoms. The Hall–Kier alpha value is -1.65. The number of carbonyl (C=O) groups excluding carboxylic acids is 1. The number of rotatable bonds is 5. The van der Waals surface area contributed by atoms with Crippen molar-refractivity contribution in [2.45, 2.75) is 33.2 Å². The molecular formula is C11H18N4O. The Labute approximate surface area is 95.7 Å². The highest BCUT2D eigenvalue weighted by Crippen LogP contribution is 2.03. The Bertz CT molecular complexity index is 336. The smallest absolute Gasteiger partial charge is 0.242 e. The van der Waals surface area contributed by atoms with E-state index in [9.17, 15) is 4.79 Å². The van der Waals surface area contributed by atoms with E-state index in [1.54, 1.807) is 6.92 Å². The second-order valence-electron chi connectivity index (χ2n) is 3.72. The van der Waals surface area contributed by atoms with Crippen molar-refractivity contribution >= 4 is 11.7 Å². The predicted molar refractivity (Wildman–Crippen MR) is 63.2 cm³/mol. The number of hydrogen-bond donors (Lipinski definition) is 2. The molecule has 0 saturated heterocycles. The predicted octanol–water partition coefficient (Wildman–Crippen LogP) is 1.11. The first kappa shape index (κ1) is 12.4. The molecule has 1 atom stereocenters. The van der Waals surface area contributed by atoms with Gasteiger partial charge in [0.15, 0.2) is 0 Å².